The van der Waals surface area contributed by atoms with Gasteiger partial charge in [0.05, 0.1) is 28.0 Å². The highest BCUT2D eigenvalue weighted by atomic mass is 35.5. The molecule has 0 fully saturated rings. The normalized spacial score (nSPS) is 10.6. The monoisotopic (exact) mass is 416 g/mol. The molecule has 0 bridgehead atoms. The van der Waals surface area contributed by atoms with Crippen LogP contribution in [-0.4, -0.2) is 40.1 Å². The van der Waals surface area contributed by atoms with Crippen LogP contribution in [0.25, 0.3) is 5.69 Å². The number of hydrogen-bond donors (Lipinski definition) is 1. The fraction of sp³-hybridized carbons (Fsp3) is 0.150. The number of carbonyl (C=O) groups excluding carboxylic acids is 2. The van der Waals surface area contributed by atoms with Crippen molar-refractivity contribution < 1.29 is 9.59 Å². The summed E-state index contributed by atoms with van der Waals surface area (Å²) in [5.41, 5.74) is 2.25. The molecule has 3 rings (SSSR count). The van der Waals surface area contributed by atoms with Crippen molar-refractivity contribution in [3.63, 3.8) is 0 Å². The smallest absolute Gasteiger partial charge is 0.274 e. The third kappa shape index (κ3) is 4.35. The summed E-state index contributed by atoms with van der Waals surface area (Å²) in [4.78, 5) is 26.3. The SMILES string of the molecule is Cc1cc(C(=O)N(C)CC(=O)Nc2c(Cl)cccc2Cl)nn1-c1ccccc1. The van der Waals surface area contributed by atoms with Crippen LogP contribution in [0, 0.1) is 6.92 Å². The second-order valence-corrected chi connectivity index (χ2v) is 7.04. The van der Waals surface area contributed by atoms with Gasteiger partial charge in [-0.1, -0.05) is 47.5 Å². The molecule has 0 unspecified atom stereocenters. The molecule has 0 atom stereocenters. The molecule has 0 spiro atoms. The third-order valence-electron chi connectivity index (χ3n) is 4.06. The first-order valence-corrected chi connectivity index (χ1v) is 9.24. The van der Waals surface area contributed by atoms with E-state index in [0.29, 0.717) is 15.7 Å². The van der Waals surface area contributed by atoms with Crippen molar-refractivity contribution in [2.24, 2.45) is 0 Å². The van der Waals surface area contributed by atoms with Crippen LogP contribution in [0.1, 0.15) is 16.2 Å². The zero-order valence-electron chi connectivity index (χ0n) is 15.3. The summed E-state index contributed by atoms with van der Waals surface area (Å²) in [5.74, 6) is -0.775. The van der Waals surface area contributed by atoms with Gasteiger partial charge in [-0.05, 0) is 37.3 Å². The van der Waals surface area contributed by atoms with Crippen molar-refractivity contribution in [3.8, 4) is 5.69 Å². The van der Waals surface area contributed by atoms with Gasteiger partial charge in [-0.3, -0.25) is 9.59 Å². The number of likely N-dealkylation sites (N-methyl/N-ethyl adjacent to an activating group) is 1. The molecule has 144 valence electrons. The third-order valence-corrected chi connectivity index (χ3v) is 4.69. The number of anilines is 1. The highest BCUT2D eigenvalue weighted by molar-refractivity contribution is 6.39. The van der Waals surface area contributed by atoms with E-state index in [4.69, 9.17) is 23.2 Å². The topological polar surface area (TPSA) is 67.2 Å². The van der Waals surface area contributed by atoms with Gasteiger partial charge in [0.2, 0.25) is 5.91 Å². The summed E-state index contributed by atoms with van der Waals surface area (Å²) in [7, 11) is 1.53. The number of carbonyl (C=O) groups is 2. The molecule has 0 radical (unpaired) electrons. The van der Waals surface area contributed by atoms with Crippen LogP contribution in [-0.2, 0) is 4.79 Å². The number of hydrogen-bond acceptors (Lipinski definition) is 3. The molecular formula is C20H18Cl2N4O2. The van der Waals surface area contributed by atoms with Gasteiger partial charge in [-0.2, -0.15) is 5.10 Å². The fourth-order valence-electron chi connectivity index (χ4n) is 2.69. The Morgan fingerprint density at radius 3 is 2.36 bits per heavy atom. The van der Waals surface area contributed by atoms with E-state index < -0.39 is 5.91 Å². The molecular weight excluding hydrogens is 399 g/mol. The molecule has 6 nitrogen and oxygen atoms in total. The van der Waals surface area contributed by atoms with Gasteiger partial charge >= 0.3 is 0 Å². The fourth-order valence-corrected chi connectivity index (χ4v) is 3.18. The van der Waals surface area contributed by atoms with E-state index in [1.807, 2.05) is 37.3 Å². The second kappa shape index (κ2) is 8.46. The number of benzene rings is 2. The molecule has 0 saturated carbocycles. The summed E-state index contributed by atoms with van der Waals surface area (Å²) in [6, 6.07) is 16.1. The summed E-state index contributed by atoms with van der Waals surface area (Å²) >= 11 is 12.1. The lowest BCUT2D eigenvalue weighted by Gasteiger charge is -2.16. The lowest BCUT2D eigenvalue weighted by atomic mass is 10.3. The van der Waals surface area contributed by atoms with E-state index in [2.05, 4.69) is 10.4 Å². The molecule has 28 heavy (non-hydrogen) atoms. The van der Waals surface area contributed by atoms with E-state index in [0.717, 1.165) is 11.4 Å². The van der Waals surface area contributed by atoms with E-state index in [1.165, 1.54) is 11.9 Å². The molecule has 2 aromatic carbocycles. The van der Waals surface area contributed by atoms with Crippen molar-refractivity contribution in [2.75, 3.05) is 18.9 Å². The van der Waals surface area contributed by atoms with Crippen LogP contribution in [0.3, 0.4) is 0 Å². The molecule has 0 aliphatic carbocycles. The number of aromatic nitrogens is 2. The number of rotatable bonds is 5. The number of nitrogens with zero attached hydrogens (tertiary/aromatic N) is 3. The van der Waals surface area contributed by atoms with Gasteiger partial charge in [-0.15, -0.1) is 0 Å². The molecule has 0 aliphatic rings. The first-order valence-electron chi connectivity index (χ1n) is 8.48. The second-order valence-electron chi connectivity index (χ2n) is 6.22. The summed E-state index contributed by atoms with van der Waals surface area (Å²) in [6.45, 7) is 1.69. The highest BCUT2D eigenvalue weighted by Crippen LogP contribution is 2.29. The van der Waals surface area contributed by atoms with E-state index in [-0.39, 0.29) is 18.1 Å². The summed E-state index contributed by atoms with van der Waals surface area (Å²) < 4.78 is 1.69. The summed E-state index contributed by atoms with van der Waals surface area (Å²) in [6.07, 6.45) is 0. The first kappa shape index (κ1) is 19.9. The molecule has 1 aromatic heterocycles. The average molecular weight is 417 g/mol. The van der Waals surface area contributed by atoms with Gasteiger partial charge in [-0.25, -0.2) is 4.68 Å². The van der Waals surface area contributed by atoms with E-state index in [9.17, 15) is 9.59 Å². The zero-order valence-corrected chi connectivity index (χ0v) is 16.8. The quantitative estimate of drug-likeness (QED) is 0.677. The predicted octanol–water partition coefficient (Wildman–Crippen LogP) is 4.20. The maximum atomic E-state index is 12.7. The van der Waals surface area contributed by atoms with Crippen LogP contribution < -0.4 is 5.32 Å². The van der Waals surface area contributed by atoms with Gasteiger partial charge in [0.15, 0.2) is 5.69 Å². The van der Waals surface area contributed by atoms with Gasteiger partial charge in [0.25, 0.3) is 5.91 Å². The largest absolute Gasteiger partial charge is 0.331 e. The number of amides is 2. The maximum absolute atomic E-state index is 12.7. The van der Waals surface area contributed by atoms with Crippen LogP contribution in [0.5, 0.6) is 0 Å². The number of aryl methyl sites for hydroxylation is 1. The summed E-state index contributed by atoms with van der Waals surface area (Å²) in [5, 5.41) is 7.66. The standard InChI is InChI=1S/C20H18Cl2N4O2/c1-13-11-17(24-26(13)14-7-4-3-5-8-14)20(28)25(2)12-18(27)23-19-15(21)9-6-10-16(19)22/h3-11H,12H2,1-2H3,(H,23,27). The molecule has 1 heterocycles. The Labute approximate surface area is 172 Å². The minimum absolute atomic E-state index is 0.169. The van der Waals surface area contributed by atoms with Crippen LogP contribution in [0.2, 0.25) is 10.0 Å². The van der Waals surface area contributed by atoms with Gasteiger partial charge in [0, 0.05) is 12.7 Å². The van der Waals surface area contributed by atoms with E-state index >= 15 is 0 Å². The lowest BCUT2D eigenvalue weighted by molar-refractivity contribution is -0.116. The number of halogens is 2. The molecule has 0 saturated heterocycles. The zero-order chi connectivity index (χ0) is 20.3. The van der Waals surface area contributed by atoms with Crippen molar-refractivity contribution in [1.29, 1.82) is 0 Å². The van der Waals surface area contributed by atoms with Crippen LogP contribution in [0.15, 0.2) is 54.6 Å². The Morgan fingerprint density at radius 2 is 1.71 bits per heavy atom. The van der Waals surface area contributed by atoms with Gasteiger partial charge < -0.3 is 10.2 Å². The minimum atomic E-state index is -0.412. The molecule has 8 heteroatoms. The minimum Gasteiger partial charge on any atom is -0.331 e. The first-order chi connectivity index (χ1) is 13.4. The lowest BCUT2D eigenvalue weighted by Crippen LogP contribution is -2.35. The van der Waals surface area contributed by atoms with Gasteiger partial charge in [0.1, 0.15) is 0 Å². The Hall–Kier alpha value is -2.83. The molecule has 1 N–H and O–H groups in total. The van der Waals surface area contributed by atoms with Crippen molar-refractivity contribution in [1.82, 2.24) is 14.7 Å². The Kier molecular flexibility index (Phi) is 6.02. The molecule has 2 amide bonds. The van der Waals surface area contributed by atoms with Crippen molar-refractivity contribution >= 4 is 40.7 Å². The van der Waals surface area contributed by atoms with Crippen LogP contribution >= 0.6 is 23.2 Å². The van der Waals surface area contributed by atoms with Crippen molar-refractivity contribution in [2.45, 2.75) is 6.92 Å². The van der Waals surface area contributed by atoms with Crippen molar-refractivity contribution in [3.05, 3.63) is 76.0 Å². The Morgan fingerprint density at radius 1 is 1.07 bits per heavy atom. The Bertz CT molecular complexity index is 998. The maximum Gasteiger partial charge on any atom is 0.274 e. The average Bonchev–Trinajstić information content (AvgIpc) is 3.06. The Balaban J connectivity index is 1.70. The number of nitrogens with one attached hydrogen (secondary N) is 1. The molecule has 3 aromatic rings. The molecule has 0 aliphatic heterocycles. The van der Waals surface area contributed by atoms with Crippen LogP contribution in [0.4, 0.5) is 5.69 Å². The number of para-hydroxylation sites is 2. The highest BCUT2D eigenvalue weighted by Gasteiger charge is 2.20. The predicted molar refractivity (Wildman–Crippen MR) is 110 cm³/mol. The van der Waals surface area contributed by atoms with E-state index in [1.54, 1.807) is 28.9 Å².